The standard InChI is InChI=1S/C25H25ClO4/c1-4-11-28-14-21(30-25(27)17(2)3)15-29-16-24-22-8-6-5-7-18(22)12-19-9-10-20(26)13-23(19)24/h4-10,12-13,21H,1-2,11,14-16H2,3H3. The summed E-state index contributed by atoms with van der Waals surface area (Å²) in [6.45, 7) is 9.98. The van der Waals surface area contributed by atoms with E-state index >= 15 is 0 Å². The Morgan fingerprint density at radius 2 is 1.80 bits per heavy atom. The van der Waals surface area contributed by atoms with Gasteiger partial charge in [-0.05, 0) is 52.2 Å². The van der Waals surface area contributed by atoms with Gasteiger partial charge in [0.2, 0.25) is 0 Å². The minimum absolute atomic E-state index is 0.196. The van der Waals surface area contributed by atoms with Crippen molar-refractivity contribution < 1.29 is 19.0 Å². The molecule has 0 aliphatic heterocycles. The molecule has 156 valence electrons. The van der Waals surface area contributed by atoms with Crippen LogP contribution in [-0.4, -0.2) is 31.9 Å². The molecular formula is C25H25ClO4. The third kappa shape index (κ3) is 5.48. The molecule has 0 spiro atoms. The first-order valence-corrected chi connectivity index (χ1v) is 10.1. The van der Waals surface area contributed by atoms with Gasteiger partial charge in [-0.25, -0.2) is 4.79 Å². The molecule has 0 aliphatic rings. The molecule has 0 aromatic heterocycles. The third-order valence-corrected chi connectivity index (χ3v) is 4.88. The molecule has 1 atom stereocenters. The Kier molecular flexibility index (Phi) is 7.63. The highest BCUT2D eigenvalue weighted by Gasteiger charge is 2.17. The number of hydrogen-bond donors (Lipinski definition) is 0. The highest BCUT2D eigenvalue weighted by molar-refractivity contribution is 6.31. The van der Waals surface area contributed by atoms with E-state index < -0.39 is 12.1 Å². The summed E-state index contributed by atoms with van der Waals surface area (Å²) in [5.41, 5.74) is 1.38. The Morgan fingerprint density at radius 3 is 2.57 bits per heavy atom. The maximum absolute atomic E-state index is 11.9. The second-order valence-corrected chi connectivity index (χ2v) is 7.53. The van der Waals surface area contributed by atoms with Crippen LogP contribution in [0.2, 0.25) is 5.02 Å². The molecule has 0 saturated heterocycles. The van der Waals surface area contributed by atoms with Crippen LogP contribution >= 0.6 is 11.6 Å². The predicted molar refractivity (Wildman–Crippen MR) is 122 cm³/mol. The number of benzene rings is 3. The van der Waals surface area contributed by atoms with E-state index in [4.69, 9.17) is 25.8 Å². The summed E-state index contributed by atoms with van der Waals surface area (Å²) in [4.78, 5) is 11.9. The van der Waals surface area contributed by atoms with Crippen LogP contribution in [0.15, 0.2) is 73.3 Å². The summed E-state index contributed by atoms with van der Waals surface area (Å²) < 4.78 is 16.9. The van der Waals surface area contributed by atoms with Gasteiger partial charge in [0.1, 0.15) is 6.10 Å². The number of carbonyl (C=O) groups excluding carboxylic acids is 1. The van der Waals surface area contributed by atoms with Gasteiger partial charge in [-0.1, -0.05) is 54.6 Å². The molecule has 3 aromatic rings. The van der Waals surface area contributed by atoms with Crippen LogP contribution in [0.25, 0.3) is 21.5 Å². The van der Waals surface area contributed by atoms with E-state index in [1.807, 2.05) is 30.3 Å². The van der Waals surface area contributed by atoms with Crippen molar-refractivity contribution in [2.24, 2.45) is 0 Å². The predicted octanol–water partition coefficient (Wildman–Crippen LogP) is 5.85. The summed E-state index contributed by atoms with van der Waals surface area (Å²) in [7, 11) is 0. The zero-order valence-electron chi connectivity index (χ0n) is 17.0. The molecule has 0 N–H and O–H groups in total. The van der Waals surface area contributed by atoms with Gasteiger partial charge < -0.3 is 14.2 Å². The van der Waals surface area contributed by atoms with Crippen molar-refractivity contribution in [2.45, 2.75) is 19.6 Å². The Hall–Kier alpha value is -2.66. The molecule has 0 bridgehead atoms. The van der Waals surface area contributed by atoms with Gasteiger partial charge in [0.15, 0.2) is 0 Å². The van der Waals surface area contributed by atoms with Gasteiger partial charge in [0.25, 0.3) is 0 Å². The van der Waals surface area contributed by atoms with E-state index in [9.17, 15) is 4.79 Å². The summed E-state index contributed by atoms with van der Waals surface area (Å²) in [5.74, 6) is -0.465. The van der Waals surface area contributed by atoms with E-state index in [-0.39, 0.29) is 13.2 Å². The lowest BCUT2D eigenvalue weighted by molar-refractivity contribution is -0.151. The van der Waals surface area contributed by atoms with Gasteiger partial charge in [-0.2, -0.15) is 0 Å². The molecule has 0 aliphatic carbocycles. The molecular weight excluding hydrogens is 400 g/mol. The van der Waals surface area contributed by atoms with Crippen molar-refractivity contribution in [3.8, 4) is 0 Å². The average molecular weight is 425 g/mol. The number of halogens is 1. The molecule has 0 saturated carbocycles. The number of fused-ring (bicyclic) bond motifs is 2. The van der Waals surface area contributed by atoms with E-state index in [0.717, 1.165) is 27.1 Å². The molecule has 0 fully saturated rings. The van der Waals surface area contributed by atoms with Crippen LogP contribution < -0.4 is 0 Å². The Morgan fingerprint density at radius 1 is 1.07 bits per heavy atom. The van der Waals surface area contributed by atoms with E-state index in [1.54, 1.807) is 13.0 Å². The topological polar surface area (TPSA) is 44.8 Å². The lowest BCUT2D eigenvalue weighted by Crippen LogP contribution is -2.29. The highest BCUT2D eigenvalue weighted by atomic mass is 35.5. The second-order valence-electron chi connectivity index (χ2n) is 7.09. The van der Waals surface area contributed by atoms with Crippen LogP contribution in [-0.2, 0) is 25.6 Å². The maximum atomic E-state index is 11.9. The van der Waals surface area contributed by atoms with E-state index in [1.165, 1.54) is 0 Å². The minimum Gasteiger partial charge on any atom is -0.454 e. The quantitative estimate of drug-likeness (QED) is 0.134. The molecule has 0 heterocycles. The summed E-state index contributed by atoms with van der Waals surface area (Å²) in [6, 6.07) is 16.1. The first kappa shape index (κ1) is 22.0. The van der Waals surface area contributed by atoms with Crippen LogP contribution in [0.1, 0.15) is 12.5 Å². The second kappa shape index (κ2) is 10.4. The van der Waals surface area contributed by atoms with Crippen molar-refractivity contribution in [1.29, 1.82) is 0 Å². The van der Waals surface area contributed by atoms with Crippen LogP contribution in [0.3, 0.4) is 0 Å². The van der Waals surface area contributed by atoms with Crippen molar-refractivity contribution >= 4 is 39.1 Å². The Labute approximate surface area is 181 Å². The van der Waals surface area contributed by atoms with Gasteiger partial charge in [-0.3, -0.25) is 0 Å². The zero-order chi connectivity index (χ0) is 21.5. The first-order valence-electron chi connectivity index (χ1n) is 9.72. The molecule has 5 heteroatoms. The van der Waals surface area contributed by atoms with Gasteiger partial charge in [0.05, 0.1) is 26.4 Å². The monoisotopic (exact) mass is 424 g/mol. The summed E-state index contributed by atoms with van der Waals surface area (Å²) in [6.07, 6.45) is 1.10. The van der Waals surface area contributed by atoms with Crippen molar-refractivity contribution in [1.82, 2.24) is 0 Å². The van der Waals surface area contributed by atoms with E-state index in [2.05, 4.69) is 31.4 Å². The summed E-state index contributed by atoms with van der Waals surface area (Å²) >= 11 is 6.25. The molecule has 0 radical (unpaired) electrons. The number of carbonyl (C=O) groups is 1. The lowest BCUT2D eigenvalue weighted by Gasteiger charge is -2.19. The number of esters is 1. The summed E-state index contributed by atoms with van der Waals surface area (Å²) in [5, 5.41) is 5.04. The molecule has 0 amide bonds. The van der Waals surface area contributed by atoms with Crippen LogP contribution in [0.4, 0.5) is 0 Å². The van der Waals surface area contributed by atoms with Gasteiger partial charge in [-0.15, -0.1) is 6.58 Å². The largest absolute Gasteiger partial charge is 0.454 e. The van der Waals surface area contributed by atoms with Gasteiger partial charge in [0, 0.05) is 10.6 Å². The van der Waals surface area contributed by atoms with Crippen molar-refractivity contribution in [3.05, 3.63) is 83.9 Å². The third-order valence-electron chi connectivity index (χ3n) is 4.65. The molecule has 3 rings (SSSR count). The fourth-order valence-corrected chi connectivity index (χ4v) is 3.40. The van der Waals surface area contributed by atoms with Gasteiger partial charge >= 0.3 is 5.97 Å². The molecule has 4 nitrogen and oxygen atoms in total. The minimum atomic E-state index is -0.543. The smallest absolute Gasteiger partial charge is 0.333 e. The number of rotatable bonds is 10. The van der Waals surface area contributed by atoms with Crippen molar-refractivity contribution in [3.63, 3.8) is 0 Å². The van der Waals surface area contributed by atoms with Crippen LogP contribution in [0, 0.1) is 0 Å². The fraction of sp³-hybridized carbons (Fsp3) is 0.240. The molecule has 30 heavy (non-hydrogen) atoms. The molecule has 3 aromatic carbocycles. The average Bonchev–Trinajstić information content (AvgIpc) is 2.73. The normalized spacial score (nSPS) is 12.1. The highest BCUT2D eigenvalue weighted by Crippen LogP contribution is 2.31. The number of ether oxygens (including phenoxy) is 3. The van der Waals surface area contributed by atoms with Crippen LogP contribution in [0.5, 0.6) is 0 Å². The van der Waals surface area contributed by atoms with Crippen molar-refractivity contribution in [2.75, 3.05) is 19.8 Å². The first-order chi connectivity index (χ1) is 14.5. The Bertz CT molecular complexity index is 1070. The Balaban J connectivity index is 1.81. The number of hydrogen-bond acceptors (Lipinski definition) is 4. The van der Waals surface area contributed by atoms with E-state index in [0.29, 0.717) is 23.8 Å². The zero-order valence-corrected chi connectivity index (χ0v) is 17.8. The lowest BCUT2D eigenvalue weighted by atomic mass is 9.97. The fourth-order valence-electron chi connectivity index (χ4n) is 3.22. The molecule has 1 unspecified atom stereocenters. The SMILES string of the molecule is C=CCOCC(COCc1c2ccccc2cc2ccc(Cl)cc12)OC(=O)C(=C)C. The maximum Gasteiger partial charge on any atom is 0.333 e.